The van der Waals surface area contributed by atoms with Gasteiger partial charge in [0.2, 0.25) is 0 Å². The van der Waals surface area contributed by atoms with Crippen molar-refractivity contribution in [3.05, 3.63) is 29.3 Å². The first-order chi connectivity index (χ1) is 9.99. The van der Waals surface area contributed by atoms with E-state index in [-0.39, 0.29) is 11.7 Å². The van der Waals surface area contributed by atoms with Crippen molar-refractivity contribution >= 4 is 5.91 Å². The number of aryl methyl sites for hydroxylation is 1. The van der Waals surface area contributed by atoms with E-state index in [1.807, 2.05) is 6.92 Å². The second kappa shape index (κ2) is 6.94. The van der Waals surface area contributed by atoms with Gasteiger partial charge in [0, 0.05) is 25.2 Å². The number of phenolic OH excluding ortho intramolecular Hbond substituents is 1. The van der Waals surface area contributed by atoms with Gasteiger partial charge in [-0.2, -0.15) is 0 Å². The molecule has 1 aromatic carbocycles. The van der Waals surface area contributed by atoms with Crippen molar-refractivity contribution in [1.82, 2.24) is 10.2 Å². The third-order valence-corrected chi connectivity index (χ3v) is 4.43. The number of carbonyl (C=O) groups excluding carboxylic acids is 1. The van der Waals surface area contributed by atoms with Gasteiger partial charge in [-0.25, -0.2) is 0 Å². The van der Waals surface area contributed by atoms with Crippen LogP contribution >= 0.6 is 0 Å². The van der Waals surface area contributed by atoms with Crippen molar-refractivity contribution in [3.63, 3.8) is 0 Å². The fraction of sp³-hybridized carbons (Fsp3) is 0.588. The first-order valence-corrected chi connectivity index (χ1v) is 7.82. The standard InChI is InChI=1S/C17H26N2O2/c1-12-7-8-16(20)15(11-12)17(21)18-9-10-19-13(2)5-4-6-14(19)3/h7-8,11,13-14,20H,4-6,9-10H2,1-3H3,(H,18,21)/t13-,14+. The van der Waals surface area contributed by atoms with E-state index in [0.29, 0.717) is 24.2 Å². The monoisotopic (exact) mass is 290 g/mol. The maximum atomic E-state index is 12.1. The predicted octanol–water partition coefficient (Wildman–Crippen LogP) is 2.69. The molecule has 0 aromatic heterocycles. The minimum atomic E-state index is -0.200. The zero-order chi connectivity index (χ0) is 15.4. The number of nitrogens with one attached hydrogen (secondary N) is 1. The number of carbonyl (C=O) groups is 1. The minimum Gasteiger partial charge on any atom is -0.507 e. The molecule has 0 saturated carbocycles. The number of amides is 1. The van der Waals surface area contributed by atoms with Crippen LogP contribution < -0.4 is 5.32 Å². The molecule has 1 aliphatic heterocycles. The van der Waals surface area contributed by atoms with E-state index >= 15 is 0 Å². The molecule has 1 fully saturated rings. The molecular weight excluding hydrogens is 264 g/mol. The molecule has 0 bridgehead atoms. The first kappa shape index (κ1) is 15.8. The molecule has 1 aliphatic rings. The maximum absolute atomic E-state index is 12.1. The molecule has 0 spiro atoms. The van der Waals surface area contributed by atoms with Crippen LogP contribution in [0, 0.1) is 6.92 Å². The van der Waals surface area contributed by atoms with Crippen molar-refractivity contribution in [1.29, 1.82) is 0 Å². The summed E-state index contributed by atoms with van der Waals surface area (Å²) in [6.45, 7) is 7.89. The van der Waals surface area contributed by atoms with Gasteiger partial charge in [-0.05, 0) is 45.7 Å². The minimum absolute atomic E-state index is 0.0396. The quantitative estimate of drug-likeness (QED) is 0.896. The molecule has 2 N–H and O–H groups in total. The highest BCUT2D eigenvalue weighted by Gasteiger charge is 2.24. The summed E-state index contributed by atoms with van der Waals surface area (Å²) in [6, 6.07) is 6.25. The molecule has 0 unspecified atom stereocenters. The summed E-state index contributed by atoms with van der Waals surface area (Å²) in [7, 11) is 0. The summed E-state index contributed by atoms with van der Waals surface area (Å²) in [4.78, 5) is 14.6. The normalized spacial score (nSPS) is 23.0. The average molecular weight is 290 g/mol. The molecule has 0 aliphatic carbocycles. The third kappa shape index (κ3) is 3.97. The Hall–Kier alpha value is -1.55. The van der Waals surface area contributed by atoms with Crippen molar-refractivity contribution in [2.45, 2.75) is 52.1 Å². The summed E-state index contributed by atoms with van der Waals surface area (Å²) < 4.78 is 0. The second-order valence-electron chi connectivity index (χ2n) is 6.14. The van der Waals surface area contributed by atoms with E-state index in [1.54, 1.807) is 18.2 Å². The molecule has 2 rings (SSSR count). The summed E-state index contributed by atoms with van der Waals surface area (Å²) in [5.41, 5.74) is 1.32. The number of rotatable bonds is 4. The first-order valence-electron chi connectivity index (χ1n) is 7.82. The Labute approximate surface area is 127 Å². The molecule has 4 heteroatoms. The lowest BCUT2D eigenvalue weighted by Gasteiger charge is -2.39. The van der Waals surface area contributed by atoms with Gasteiger partial charge in [-0.1, -0.05) is 18.1 Å². The Morgan fingerprint density at radius 2 is 2.00 bits per heavy atom. The topological polar surface area (TPSA) is 52.6 Å². The van der Waals surface area contributed by atoms with Crippen molar-refractivity contribution in [2.75, 3.05) is 13.1 Å². The number of hydrogen-bond acceptors (Lipinski definition) is 3. The van der Waals surface area contributed by atoms with Gasteiger partial charge < -0.3 is 10.4 Å². The van der Waals surface area contributed by atoms with E-state index in [2.05, 4.69) is 24.1 Å². The Morgan fingerprint density at radius 1 is 1.33 bits per heavy atom. The van der Waals surface area contributed by atoms with Gasteiger partial charge in [0.05, 0.1) is 5.56 Å². The largest absolute Gasteiger partial charge is 0.507 e. The highest BCUT2D eigenvalue weighted by atomic mass is 16.3. The van der Waals surface area contributed by atoms with Crippen LogP contribution in [0.4, 0.5) is 0 Å². The predicted molar refractivity (Wildman–Crippen MR) is 84.7 cm³/mol. The average Bonchev–Trinajstić information content (AvgIpc) is 2.44. The molecular formula is C17H26N2O2. The number of nitrogens with zero attached hydrogens (tertiary/aromatic N) is 1. The zero-order valence-corrected chi connectivity index (χ0v) is 13.2. The van der Waals surface area contributed by atoms with Gasteiger partial charge in [0.25, 0.3) is 5.91 Å². The van der Waals surface area contributed by atoms with Crippen LogP contribution in [0.25, 0.3) is 0 Å². The highest BCUT2D eigenvalue weighted by Crippen LogP contribution is 2.22. The maximum Gasteiger partial charge on any atom is 0.255 e. The smallest absolute Gasteiger partial charge is 0.255 e. The van der Waals surface area contributed by atoms with Crippen LogP contribution in [-0.4, -0.2) is 41.1 Å². The Bertz CT molecular complexity index is 492. The van der Waals surface area contributed by atoms with E-state index < -0.39 is 0 Å². The lowest BCUT2D eigenvalue weighted by Crippen LogP contribution is -2.47. The Morgan fingerprint density at radius 3 is 2.67 bits per heavy atom. The number of aromatic hydroxyl groups is 1. The van der Waals surface area contributed by atoms with Crippen LogP contribution in [0.5, 0.6) is 5.75 Å². The lowest BCUT2D eigenvalue weighted by molar-refractivity contribution is 0.0887. The van der Waals surface area contributed by atoms with E-state index in [1.165, 1.54) is 19.3 Å². The Balaban J connectivity index is 1.88. The van der Waals surface area contributed by atoms with E-state index in [4.69, 9.17) is 0 Å². The van der Waals surface area contributed by atoms with Gasteiger partial charge in [0.15, 0.2) is 0 Å². The molecule has 1 saturated heterocycles. The van der Waals surface area contributed by atoms with Crippen LogP contribution in [0.2, 0.25) is 0 Å². The van der Waals surface area contributed by atoms with Gasteiger partial charge >= 0.3 is 0 Å². The highest BCUT2D eigenvalue weighted by molar-refractivity contribution is 5.96. The molecule has 1 amide bonds. The Kier molecular flexibility index (Phi) is 5.23. The van der Waals surface area contributed by atoms with Crippen molar-refractivity contribution in [2.24, 2.45) is 0 Å². The van der Waals surface area contributed by atoms with E-state index in [0.717, 1.165) is 12.1 Å². The summed E-state index contributed by atoms with van der Waals surface area (Å²) in [5.74, 6) is -0.161. The molecule has 4 nitrogen and oxygen atoms in total. The van der Waals surface area contributed by atoms with Gasteiger partial charge in [-0.15, -0.1) is 0 Å². The summed E-state index contributed by atoms with van der Waals surface area (Å²) in [5, 5.41) is 12.7. The summed E-state index contributed by atoms with van der Waals surface area (Å²) in [6.07, 6.45) is 3.76. The fourth-order valence-corrected chi connectivity index (χ4v) is 3.14. The lowest BCUT2D eigenvalue weighted by atomic mass is 9.98. The molecule has 0 radical (unpaired) electrons. The number of phenols is 1. The number of likely N-dealkylation sites (tertiary alicyclic amines) is 1. The van der Waals surface area contributed by atoms with Crippen LogP contribution in [-0.2, 0) is 0 Å². The van der Waals surface area contributed by atoms with Crippen molar-refractivity contribution in [3.8, 4) is 5.75 Å². The van der Waals surface area contributed by atoms with E-state index in [9.17, 15) is 9.90 Å². The molecule has 1 heterocycles. The number of hydrogen-bond donors (Lipinski definition) is 2. The molecule has 1 aromatic rings. The molecule has 21 heavy (non-hydrogen) atoms. The second-order valence-corrected chi connectivity index (χ2v) is 6.14. The SMILES string of the molecule is Cc1ccc(O)c(C(=O)NCCN2[C@H](C)CCC[C@@H]2C)c1. The number of benzene rings is 1. The summed E-state index contributed by atoms with van der Waals surface area (Å²) >= 11 is 0. The van der Waals surface area contributed by atoms with Crippen molar-refractivity contribution < 1.29 is 9.90 Å². The van der Waals surface area contributed by atoms with Crippen LogP contribution in [0.15, 0.2) is 18.2 Å². The zero-order valence-electron chi connectivity index (χ0n) is 13.2. The van der Waals surface area contributed by atoms with Gasteiger partial charge in [-0.3, -0.25) is 9.69 Å². The van der Waals surface area contributed by atoms with Crippen LogP contribution in [0.3, 0.4) is 0 Å². The third-order valence-electron chi connectivity index (χ3n) is 4.43. The van der Waals surface area contributed by atoms with Crippen LogP contribution in [0.1, 0.15) is 49.0 Å². The molecule has 116 valence electrons. The number of piperidine rings is 1. The van der Waals surface area contributed by atoms with Gasteiger partial charge in [0.1, 0.15) is 5.75 Å². The molecule has 2 atom stereocenters. The fourth-order valence-electron chi connectivity index (χ4n) is 3.14.